The normalized spacial score (nSPS) is 19.1. The molecule has 1 aliphatic rings. The molecule has 2 nitrogen and oxygen atoms in total. The Balaban J connectivity index is 1.87. The van der Waals surface area contributed by atoms with Gasteiger partial charge in [-0.05, 0) is 28.8 Å². The number of benzene rings is 1. The van der Waals surface area contributed by atoms with Crippen LogP contribution >= 0.6 is 0 Å². The van der Waals surface area contributed by atoms with Crippen LogP contribution in [0.15, 0.2) is 60.9 Å². The number of ether oxygens (including phenoxy) is 1. The molecule has 0 spiro atoms. The molecule has 17 heavy (non-hydrogen) atoms. The fourth-order valence-corrected chi connectivity index (χ4v) is 2.03. The van der Waals surface area contributed by atoms with Gasteiger partial charge in [0, 0.05) is 12.4 Å². The predicted molar refractivity (Wildman–Crippen MR) is 67.3 cm³/mol. The minimum absolute atomic E-state index is 0.0754. The first-order chi connectivity index (χ1) is 8.43. The molecule has 0 fully saturated rings. The van der Waals surface area contributed by atoms with Crippen LogP contribution in [0.5, 0.6) is 0 Å². The van der Waals surface area contributed by atoms with Crippen LogP contribution in [0.1, 0.15) is 17.2 Å². The van der Waals surface area contributed by atoms with Crippen molar-refractivity contribution in [2.45, 2.75) is 6.10 Å². The van der Waals surface area contributed by atoms with Gasteiger partial charge in [0.1, 0.15) is 6.10 Å². The molecule has 84 valence electrons. The zero-order valence-electron chi connectivity index (χ0n) is 9.41. The lowest BCUT2D eigenvalue weighted by Gasteiger charge is -2.06. The van der Waals surface area contributed by atoms with Crippen LogP contribution in [0.3, 0.4) is 0 Å². The average Bonchev–Trinajstić information content (AvgIpc) is 2.90. The van der Waals surface area contributed by atoms with E-state index in [2.05, 4.69) is 29.3 Å². The molecule has 0 bridgehead atoms. The summed E-state index contributed by atoms with van der Waals surface area (Å²) in [4.78, 5) is 4.13. The van der Waals surface area contributed by atoms with E-state index in [-0.39, 0.29) is 6.10 Å². The summed E-state index contributed by atoms with van der Waals surface area (Å²) < 4.78 is 5.79. The maximum atomic E-state index is 5.79. The molecular formula is C15H13NO. The lowest BCUT2D eigenvalue weighted by atomic mass is 10.1. The molecule has 3 rings (SSSR count). The van der Waals surface area contributed by atoms with Crippen LogP contribution in [-0.4, -0.2) is 11.6 Å². The van der Waals surface area contributed by atoms with E-state index in [0.29, 0.717) is 6.61 Å². The Morgan fingerprint density at radius 3 is 2.71 bits per heavy atom. The topological polar surface area (TPSA) is 22.1 Å². The van der Waals surface area contributed by atoms with Gasteiger partial charge in [0.25, 0.3) is 0 Å². The standard InChI is InChI=1S/C15H13NO/c1-2-5-12(6-3-1)15-9-14(11-17-15)13-7-4-8-16-10-13/h1-10,15H,11H2. The van der Waals surface area contributed by atoms with Crippen molar-refractivity contribution < 1.29 is 4.74 Å². The Labute approximate surface area is 101 Å². The maximum absolute atomic E-state index is 5.79. The van der Waals surface area contributed by atoms with Crippen LogP contribution in [0.2, 0.25) is 0 Å². The summed E-state index contributed by atoms with van der Waals surface area (Å²) in [6, 6.07) is 14.3. The lowest BCUT2D eigenvalue weighted by molar-refractivity contribution is 0.131. The molecule has 1 unspecified atom stereocenters. The van der Waals surface area contributed by atoms with Crippen LogP contribution < -0.4 is 0 Å². The number of hydrogen-bond donors (Lipinski definition) is 0. The summed E-state index contributed by atoms with van der Waals surface area (Å²) >= 11 is 0. The van der Waals surface area contributed by atoms with E-state index in [4.69, 9.17) is 4.74 Å². The minimum Gasteiger partial charge on any atom is -0.365 e. The molecule has 0 radical (unpaired) electrons. The highest BCUT2D eigenvalue weighted by Gasteiger charge is 2.18. The molecule has 2 heterocycles. The number of hydrogen-bond acceptors (Lipinski definition) is 2. The Morgan fingerprint density at radius 2 is 1.94 bits per heavy atom. The fraction of sp³-hybridized carbons (Fsp3) is 0.133. The van der Waals surface area contributed by atoms with Gasteiger partial charge in [-0.15, -0.1) is 0 Å². The summed E-state index contributed by atoms with van der Waals surface area (Å²) in [5.41, 5.74) is 3.56. The second-order valence-electron chi connectivity index (χ2n) is 4.08. The van der Waals surface area contributed by atoms with Gasteiger partial charge in [-0.2, -0.15) is 0 Å². The maximum Gasteiger partial charge on any atom is 0.102 e. The first kappa shape index (κ1) is 10.2. The van der Waals surface area contributed by atoms with Gasteiger partial charge in [-0.3, -0.25) is 4.98 Å². The first-order valence-corrected chi connectivity index (χ1v) is 5.71. The smallest absolute Gasteiger partial charge is 0.102 e. The van der Waals surface area contributed by atoms with Crippen LogP contribution in [0.25, 0.3) is 5.57 Å². The van der Waals surface area contributed by atoms with Crippen LogP contribution in [0.4, 0.5) is 0 Å². The van der Waals surface area contributed by atoms with E-state index in [1.165, 1.54) is 11.1 Å². The Morgan fingerprint density at radius 1 is 1.06 bits per heavy atom. The molecule has 0 saturated heterocycles. The summed E-state index contributed by atoms with van der Waals surface area (Å²) in [5.74, 6) is 0. The van der Waals surface area contributed by atoms with Gasteiger partial charge in [0.05, 0.1) is 6.61 Å². The highest BCUT2D eigenvalue weighted by Crippen LogP contribution is 2.30. The zero-order chi connectivity index (χ0) is 11.5. The number of nitrogens with zero attached hydrogens (tertiary/aromatic N) is 1. The summed E-state index contributed by atoms with van der Waals surface area (Å²) in [5, 5.41) is 0. The van der Waals surface area contributed by atoms with E-state index in [1.54, 1.807) is 6.20 Å². The second kappa shape index (κ2) is 4.52. The Kier molecular flexibility index (Phi) is 2.72. The van der Waals surface area contributed by atoms with Crippen molar-refractivity contribution in [3.63, 3.8) is 0 Å². The molecule has 0 amide bonds. The van der Waals surface area contributed by atoms with Gasteiger partial charge in [0.15, 0.2) is 0 Å². The van der Waals surface area contributed by atoms with Crippen LogP contribution in [0, 0.1) is 0 Å². The van der Waals surface area contributed by atoms with Crippen molar-refractivity contribution in [1.29, 1.82) is 0 Å². The van der Waals surface area contributed by atoms with Crippen molar-refractivity contribution in [2.24, 2.45) is 0 Å². The Bertz CT molecular complexity index is 519. The monoisotopic (exact) mass is 223 g/mol. The average molecular weight is 223 g/mol. The molecule has 0 aliphatic carbocycles. The van der Waals surface area contributed by atoms with Crippen molar-refractivity contribution >= 4 is 5.57 Å². The fourth-order valence-electron chi connectivity index (χ4n) is 2.03. The minimum atomic E-state index is 0.0754. The van der Waals surface area contributed by atoms with Crippen LogP contribution in [-0.2, 0) is 4.74 Å². The number of pyridine rings is 1. The molecule has 1 aliphatic heterocycles. The van der Waals surface area contributed by atoms with Crippen molar-refractivity contribution in [2.75, 3.05) is 6.61 Å². The third-order valence-electron chi connectivity index (χ3n) is 2.93. The summed E-state index contributed by atoms with van der Waals surface area (Å²) in [6.45, 7) is 0.658. The van der Waals surface area contributed by atoms with Gasteiger partial charge in [-0.25, -0.2) is 0 Å². The largest absolute Gasteiger partial charge is 0.365 e. The highest BCUT2D eigenvalue weighted by molar-refractivity contribution is 5.68. The molecule has 1 aromatic carbocycles. The molecule has 2 aromatic rings. The predicted octanol–water partition coefficient (Wildman–Crippen LogP) is 3.24. The molecule has 0 N–H and O–H groups in total. The first-order valence-electron chi connectivity index (χ1n) is 5.71. The molecule has 2 heteroatoms. The SMILES string of the molecule is C1=C(c2cccnc2)COC1c1ccccc1. The summed E-state index contributed by atoms with van der Waals surface area (Å²) in [7, 11) is 0. The van der Waals surface area contributed by atoms with E-state index >= 15 is 0 Å². The van der Waals surface area contributed by atoms with E-state index in [9.17, 15) is 0 Å². The zero-order valence-corrected chi connectivity index (χ0v) is 9.41. The molecule has 1 atom stereocenters. The van der Waals surface area contributed by atoms with Gasteiger partial charge >= 0.3 is 0 Å². The molecular weight excluding hydrogens is 210 g/mol. The van der Waals surface area contributed by atoms with E-state index < -0.39 is 0 Å². The summed E-state index contributed by atoms with van der Waals surface area (Å²) in [6.07, 6.45) is 5.91. The van der Waals surface area contributed by atoms with Gasteiger partial charge in [-0.1, -0.05) is 36.4 Å². The van der Waals surface area contributed by atoms with E-state index in [1.807, 2.05) is 30.5 Å². The molecule has 1 aromatic heterocycles. The van der Waals surface area contributed by atoms with Gasteiger partial charge < -0.3 is 4.74 Å². The van der Waals surface area contributed by atoms with Gasteiger partial charge in [0.2, 0.25) is 0 Å². The number of rotatable bonds is 2. The number of aromatic nitrogens is 1. The highest BCUT2D eigenvalue weighted by atomic mass is 16.5. The third-order valence-corrected chi connectivity index (χ3v) is 2.93. The second-order valence-corrected chi connectivity index (χ2v) is 4.08. The Hall–Kier alpha value is -1.93. The lowest BCUT2D eigenvalue weighted by Crippen LogP contribution is -1.94. The van der Waals surface area contributed by atoms with Crippen molar-refractivity contribution in [3.05, 3.63) is 72.1 Å². The van der Waals surface area contributed by atoms with Crippen molar-refractivity contribution in [1.82, 2.24) is 4.98 Å². The quantitative estimate of drug-likeness (QED) is 0.779. The third kappa shape index (κ3) is 2.12. The van der Waals surface area contributed by atoms with E-state index in [0.717, 1.165) is 5.56 Å². The van der Waals surface area contributed by atoms with Crippen molar-refractivity contribution in [3.8, 4) is 0 Å². The molecule has 0 saturated carbocycles.